The van der Waals surface area contributed by atoms with Gasteiger partial charge < -0.3 is 9.80 Å². The SMILES string of the molecule is CC(C)N1CCC(N(C)c2nc3ccccn3c(=O)c2[N+](=O)[O-])CC1. The summed E-state index contributed by atoms with van der Waals surface area (Å²) in [5.74, 6) is 0.157. The molecule has 134 valence electrons. The third-order valence-corrected chi connectivity index (χ3v) is 4.99. The van der Waals surface area contributed by atoms with Gasteiger partial charge in [-0.1, -0.05) is 6.07 Å². The van der Waals surface area contributed by atoms with Gasteiger partial charge in [0.2, 0.25) is 5.82 Å². The van der Waals surface area contributed by atoms with Gasteiger partial charge in [-0.05, 0) is 38.8 Å². The van der Waals surface area contributed by atoms with E-state index in [-0.39, 0.29) is 11.9 Å². The monoisotopic (exact) mass is 345 g/mol. The van der Waals surface area contributed by atoms with Crippen LogP contribution < -0.4 is 10.5 Å². The number of pyridine rings is 1. The fourth-order valence-corrected chi connectivity index (χ4v) is 3.44. The molecule has 0 spiro atoms. The molecule has 3 rings (SSSR count). The fraction of sp³-hybridized carbons (Fsp3) is 0.529. The topological polar surface area (TPSA) is 84.0 Å². The highest BCUT2D eigenvalue weighted by atomic mass is 16.6. The minimum atomic E-state index is -0.642. The maximum absolute atomic E-state index is 12.6. The first kappa shape index (κ1) is 17.3. The lowest BCUT2D eigenvalue weighted by molar-refractivity contribution is -0.385. The number of nitrogens with zero attached hydrogens (tertiary/aromatic N) is 5. The van der Waals surface area contributed by atoms with Crippen molar-refractivity contribution in [1.82, 2.24) is 14.3 Å². The first-order chi connectivity index (χ1) is 11.9. The molecule has 0 saturated carbocycles. The Morgan fingerprint density at radius 2 is 2.00 bits per heavy atom. The van der Waals surface area contributed by atoms with Crippen LogP contribution in [0.25, 0.3) is 5.65 Å². The van der Waals surface area contributed by atoms with Crippen LogP contribution in [0.5, 0.6) is 0 Å². The minimum Gasteiger partial charge on any atom is -0.351 e. The standard InChI is InChI=1S/C17H23N5O3/c1-12(2)20-10-7-13(8-11-20)19(3)16-15(22(24)25)17(23)21-9-5-4-6-14(21)18-16/h4-6,9,12-13H,7-8,10-11H2,1-3H3. The van der Waals surface area contributed by atoms with Crippen molar-refractivity contribution in [1.29, 1.82) is 0 Å². The number of fused-ring (bicyclic) bond motifs is 1. The quantitative estimate of drug-likeness (QED) is 0.622. The molecule has 0 amide bonds. The molecule has 1 saturated heterocycles. The number of rotatable bonds is 4. The van der Waals surface area contributed by atoms with Gasteiger partial charge in [-0.2, -0.15) is 0 Å². The summed E-state index contributed by atoms with van der Waals surface area (Å²) in [6.07, 6.45) is 3.28. The number of hydrogen-bond acceptors (Lipinski definition) is 6. The molecule has 8 nitrogen and oxygen atoms in total. The highest BCUT2D eigenvalue weighted by Gasteiger charge is 2.31. The summed E-state index contributed by atoms with van der Waals surface area (Å²) in [4.78, 5) is 32.1. The van der Waals surface area contributed by atoms with Crippen LogP contribution in [0, 0.1) is 10.1 Å². The molecule has 1 fully saturated rings. The van der Waals surface area contributed by atoms with Crippen LogP contribution in [-0.2, 0) is 0 Å². The lowest BCUT2D eigenvalue weighted by Crippen LogP contribution is -2.46. The van der Waals surface area contributed by atoms with E-state index in [1.54, 1.807) is 25.2 Å². The minimum absolute atomic E-state index is 0.131. The molecular formula is C17H23N5O3. The van der Waals surface area contributed by atoms with Crippen LogP contribution in [0.15, 0.2) is 29.2 Å². The van der Waals surface area contributed by atoms with Gasteiger partial charge >= 0.3 is 11.2 Å². The molecule has 0 aromatic carbocycles. The second kappa shape index (κ2) is 6.79. The summed E-state index contributed by atoms with van der Waals surface area (Å²) >= 11 is 0. The van der Waals surface area contributed by atoms with Gasteiger partial charge in [0.25, 0.3) is 0 Å². The van der Waals surface area contributed by atoms with E-state index in [0.717, 1.165) is 25.9 Å². The van der Waals surface area contributed by atoms with Gasteiger partial charge in [0.1, 0.15) is 5.65 Å². The van der Waals surface area contributed by atoms with E-state index in [0.29, 0.717) is 11.7 Å². The highest BCUT2D eigenvalue weighted by Crippen LogP contribution is 2.27. The Hall–Kier alpha value is -2.48. The molecule has 0 bridgehead atoms. The van der Waals surface area contributed by atoms with E-state index in [1.807, 2.05) is 4.90 Å². The van der Waals surface area contributed by atoms with Crippen molar-refractivity contribution in [2.45, 2.75) is 38.8 Å². The molecule has 0 unspecified atom stereocenters. The van der Waals surface area contributed by atoms with E-state index in [9.17, 15) is 14.9 Å². The maximum atomic E-state index is 12.6. The molecule has 0 N–H and O–H groups in total. The molecule has 1 aliphatic rings. The number of nitro groups is 1. The van der Waals surface area contributed by atoms with Gasteiger partial charge in [0.05, 0.1) is 4.92 Å². The first-order valence-corrected chi connectivity index (χ1v) is 8.53. The molecule has 2 aromatic rings. The van der Waals surface area contributed by atoms with Crippen molar-refractivity contribution in [3.63, 3.8) is 0 Å². The highest BCUT2D eigenvalue weighted by molar-refractivity contribution is 5.61. The second-order valence-corrected chi connectivity index (χ2v) is 6.75. The first-order valence-electron chi connectivity index (χ1n) is 8.53. The molecule has 0 radical (unpaired) electrons. The van der Waals surface area contributed by atoms with Crippen LogP contribution in [0.1, 0.15) is 26.7 Å². The van der Waals surface area contributed by atoms with Crippen molar-refractivity contribution in [3.05, 3.63) is 44.9 Å². The number of hydrogen-bond donors (Lipinski definition) is 0. The van der Waals surface area contributed by atoms with Crippen LogP contribution in [0.2, 0.25) is 0 Å². The van der Waals surface area contributed by atoms with E-state index >= 15 is 0 Å². The molecule has 25 heavy (non-hydrogen) atoms. The predicted molar refractivity (Wildman–Crippen MR) is 96.3 cm³/mol. The average Bonchev–Trinajstić information content (AvgIpc) is 2.60. The third-order valence-electron chi connectivity index (χ3n) is 4.99. The van der Waals surface area contributed by atoms with E-state index < -0.39 is 16.2 Å². The van der Waals surface area contributed by atoms with Crippen molar-refractivity contribution in [2.75, 3.05) is 25.0 Å². The molecule has 2 aromatic heterocycles. The van der Waals surface area contributed by atoms with E-state index in [4.69, 9.17) is 0 Å². The molecule has 0 aliphatic carbocycles. The van der Waals surface area contributed by atoms with Gasteiger partial charge in [-0.25, -0.2) is 4.98 Å². The van der Waals surface area contributed by atoms with Gasteiger partial charge in [0.15, 0.2) is 0 Å². The lowest BCUT2D eigenvalue weighted by Gasteiger charge is -2.38. The Bertz CT molecular complexity index is 840. The Morgan fingerprint density at radius 3 is 2.60 bits per heavy atom. The Balaban J connectivity index is 1.99. The second-order valence-electron chi connectivity index (χ2n) is 6.75. The van der Waals surface area contributed by atoms with Gasteiger partial charge in [-0.3, -0.25) is 19.3 Å². The third kappa shape index (κ3) is 3.21. The fourth-order valence-electron chi connectivity index (χ4n) is 3.44. The van der Waals surface area contributed by atoms with Gasteiger partial charge in [0, 0.05) is 38.4 Å². The molecule has 3 heterocycles. The molecule has 1 aliphatic heterocycles. The smallest absolute Gasteiger partial charge is 0.351 e. The Labute approximate surface area is 145 Å². The maximum Gasteiger partial charge on any atom is 0.376 e. The summed E-state index contributed by atoms with van der Waals surface area (Å²) < 4.78 is 1.22. The molecular weight excluding hydrogens is 322 g/mol. The van der Waals surface area contributed by atoms with Crippen molar-refractivity contribution < 1.29 is 4.92 Å². The number of likely N-dealkylation sites (tertiary alicyclic amines) is 1. The lowest BCUT2D eigenvalue weighted by atomic mass is 10.0. The summed E-state index contributed by atoms with van der Waals surface area (Å²) in [5, 5.41) is 11.5. The van der Waals surface area contributed by atoms with Crippen LogP contribution in [0.4, 0.5) is 11.5 Å². The van der Waals surface area contributed by atoms with Crippen LogP contribution >= 0.6 is 0 Å². The van der Waals surface area contributed by atoms with Crippen LogP contribution in [-0.4, -0.2) is 51.4 Å². The van der Waals surface area contributed by atoms with Crippen molar-refractivity contribution >= 4 is 17.2 Å². The Morgan fingerprint density at radius 1 is 1.32 bits per heavy atom. The largest absolute Gasteiger partial charge is 0.376 e. The number of aromatic nitrogens is 2. The number of anilines is 1. The molecule has 8 heteroatoms. The van der Waals surface area contributed by atoms with Crippen LogP contribution in [0.3, 0.4) is 0 Å². The summed E-state index contributed by atoms with van der Waals surface area (Å²) in [6.45, 7) is 6.21. The molecule has 0 atom stereocenters. The summed E-state index contributed by atoms with van der Waals surface area (Å²) in [6, 6.07) is 5.73. The summed E-state index contributed by atoms with van der Waals surface area (Å²) in [5.41, 5.74) is -0.686. The predicted octanol–water partition coefficient (Wildman–Crippen LogP) is 1.91. The Kier molecular flexibility index (Phi) is 4.71. The van der Waals surface area contributed by atoms with Crippen molar-refractivity contribution in [2.24, 2.45) is 0 Å². The van der Waals surface area contributed by atoms with E-state index in [1.165, 1.54) is 10.6 Å². The zero-order chi connectivity index (χ0) is 18.1. The van der Waals surface area contributed by atoms with Crippen molar-refractivity contribution in [3.8, 4) is 0 Å². The normalized spacial score (nSPS) is 16.5. The number of piperidine rings is 1. The zero-order valence-corrected chi connectivity index (χ0v) is 14.8. The zero-order valence-electron chi connectivity index (χ0n) is 14.8. The average molecular weight is 345 g/mol. The van der Waals surface area contributed by atoms with Gasteiger partial charge in [-0.15, -0.1) is 0 Å². The summed E-state index contributed by atoms with van der Waals surface area (Å²) in [7, 11) is 1.80. The van der Waals surface area contributed by atoms with E-state index in [2.05, 4.69) is 23.7 Å².